The molecule has 3 heterocycles. The quantitative estimate of drug-likeness (QED) is 0.884. The topological polar surface area (TPSA) is 52.5 Å². The van der Waals surface area contributed by atoms with E-state index in [0.717, 1.165) is 68.1 Å². The van der Waals surface area contributed by atoms with Gasteiger partial charge < -0.3 is 14.9 Å². The zero-order chi connectivity index (χ0) is 19.3. The summed E-state index contributed by atoms with van der Waals surface area (Å²) in [5, 5.41) is 9.43. The van der Waals surface area contributed by atoms with E-state index < -0.39 is 0 Å². The Morgan fingerprint density at radius 2 is 2.18 bits per heavy atom. The smallest absolute Gasteiger partial charge is 0.140 e. The maximum absolute atomic E-state index is 14.3. The Hall–Kier alpha value is -2.05. The molecule has 2 aromatic rings. The molecule has 28 heavy (non-hydrogen) atoms. The molecule has 1 saturated heterocycles. The van der Waals surface area contributed by atoms with E-state index in [4.69, 9.17) is 4.98 Å². The fraction of sp³-hybridized carbons (Fsp3) is 0.545. The SMILES string of the molecule is C[C@@H]1CCc2ncnc(N3CC4(CCCN(CCO)C4)c4cc(F)ccc43)c21. The molecule has 148 valence electrons. The minimum Gasteiger partial charge on any atom is -0.395 e. The van der Waals surface area contributed by atoms with Crippen LogP contribution in [0.15, 0.2) is 24.5 Å². The van der Waals surface area contributed by atoms with Gasteiger partial charge in [0.25, 0.3) is 0 Å². The van der Waals surface area contributed by atoms with Crippen molar-refractivity contribution in [3.63, 3.8) is 0 Å². The third-order valence-electron chi connectivity index (χ3n) is 6.86. The molecule has 1 fully saturated rings. The third kappa shape index (κ3) is 2.73. The number of rotatable bonds is 3. The van der Waals surface area contributed by atoms with Gasteiger partial charge in [0, 0.05) is 42.0 Å². The van der Waals surface area contributed by atoms with Crippen molar-refractivity contribution < 1.29 is 9.50 Å². The van der Waals surface area contributed by atoms with Crippen LogP contribution in [0.3, 0.4) is 0 Å². The maximum Gasteiger partial charge on any atom is 0.140 e. The van der Waals surface area contributed by atoms with Crippen molar-refractivity contribution in [3.05, 3.63) is 47.2 Å². The summed E-state index contributed by atoms with van der Waals surface area (Å²) in [6.07, 6.45) is 5.89. The average molecular weight is 382 g/mol. The second-order valence-corrected chi connectivity index (χ2v) is 8.63. The molecule has 0 radical (unpaired) electrons. The number of aliphatic hydroxyl groups excluding tert-OH is 1. The number of hydrogen-bond donors (Lipinski definition) is 1. The highest BCUT2D eigenvalue weighted by Gasteiger charge is 2.47. The molecule has 6 heteroatoms. The van der Waals surface area contributed by atoms with Crippen LogP contribution in [0.25, 0.3) is 0 Å². The number of fused-ring (bicyclic) bond motifs is 3. The molecule has 1 spiro atoms. The van der Waals surface area contributed by atoms with Gasteiger partial charge in [-0.2, -0.15) is 0 Å². The minimum atomic E-state index is -0.180. The van der Waals surface area contributed by atoms with Crippen LogP contribution in [0.5, 0.6) is 0 Å². The molecular weight excluding hydrogens is 355 g/mol. The maximum atomic E-state index is 14.3. The normalized spacial score (nSPS) is 26.7. The molecule has 0 amide bonds. The second-order valence-electron chi connectivity index (χ2n) is 8.63. The lowest BCUT2D eigenvalue weighted by atomic mass is 9.75. The molecule has 5 nitrogen and oxygen atoms in total. The molecule has 0 saturated carbocycles. The van der Waals surface area contributed by atoms with Crippen LogP contribution in [-0.2, 0) is 11.8 Å². The van der Waals surface area contributed by atoms with Crippen molar-refractivity contribution in [2.75, 3.05) is 37.7 Å². The predicted molar refractivity (Wildman–Crippen MR) is 107 cm³/mol. The summed E-state index contributed by atoms with van der Waals surface area (Å²) in [6, 6.07) is 5.20. The molecule has 5 rings (SSSR count). The van der Waals surface area contributed by atoms with E-state index in [0.29, 0.717) is 12.5 Å². The van der Waals surface area contributed by atoms with E-state index in [9.17, 15) is 9.50 Å². The number of benzene rings is 1. The monoisotopic (exact) mass is 382 g/mol. The van der Waals surface area contributed by atoms with Crippen molar-refractivity contribution in [3.8, 4) is 0 Å². The zero-order valence-electron chi connectivity index (χ0n) is 16.4. The van der Waals surface area contributed by atoms with Gasteiger partial charge in [-0.15, -0.1) is 0 Å². The van der Waals surface area contributed by atoms with Gasteiger partial charge in [-0.3, -0.25) is 0 Å². The average Bonchev–Trinajstić information content (AvgIpc) is 3.21. The van der Waals surface area contributed by atoms with Gasteiger partial charge in [0.2, 0.25) is 0 Å². The first-order valence-corrected chi connectivity index (χ1v) is 10.4. The Kier molecular flexibility index (Phi) is 4.36. The highest BCUT2D eigenvalue weighted by molar-refractivity contribution is 5.73. The molecule has 1 aromatic heterocycles. The van der Waals surface area contributed by atoms with Crippen molar-refractivity contribution in [2.24, 2.45) is 0 Å². The number of likely N-dealkylation sites (tertiary alicyclic amines) is 1. The molecule has 1 aromatic carbocycles. The molecule has 3 aliphatic rings. The summed E-state index contributed by atoms with van der Waals surface area (Å²) in [6.45, 7) is 5.74. The van der Waals surface area contributed by atoms with E-state index in [2.05, 4.69) is 21.7 Å². The largest absolute Gasteiger partial charge is 0.395 e. The standard InChI is InChI=1S/C22H27FN4O/c1-15-3-5-18-20(15)21(25-14-24-18)27-13-22(7-2-8-26(12-22)9-10-28)17-11-16(23)4-6-19(17)27/h4,6,11,14-15,28H,2-3,5,7-10,12-13H2,1H3/t15-,22?/m1/s1. The zero-order valence-corrected chi connectivity index (χ0v) is 16.4. The number of aliphatic hydroxyl groups is 1. The fourth-order valence-electron chi connectivity index (χ4n) is 5.58. The van der Waals surface area contributed by atoms with Crippen molar-refractivity contribution in [1.29, 1.82) is 0 Å². The lowest BCUT2D eigenvalue weighted by Gasteiger charge is -2.41. The van der Waals surface area contributed by atoms with Gasteiger partial charge in [0.05, 0.1) is 6.61 Å². The van der Waals surface area contributed by atoms with E-state index in [1.54, 1.807) is 18.5 Å². The fourth-order valence-corrected chi connectivity index (χ4v) is 5.58. The van der Waals surface area contributed by atoms with E-state index in [1.807, 2.05) is 6.07 Å². The predicted octanol–water partition coefficient (Wildman–Crippen LogP) is 3.14. The number of hydrogen-bond acceptors (Lipinski definition) is 5. The summed E-state index contributed by atoms with van der Waals surface area (Å²) in [5.41, 5.74) is 4.47. The van der Waals surface area contributed by atoms with Crippen molar-refractivity contribution in [2.45, 2.75) is 43.9 Å². The number of halogens is 1. The van der Waals surface area contributed by atoms with Crippen LogP contribution in [0, 0.1) is 5.82 Å². The van der Waals surface area contributed by atoms with Crippen LogP contribution in [0.2, 0.25) is 0 Å². The van der Waals surface area contributed by atoms with Crippen molar-refractivity contribution in [1.82, 2.24) is 14.9 Å². The summed E-state index contributed by atoms with van der Waals surface area (Å²) in [4.78, 5) is 13.8. The van der Waals surface area contributed by atoms with Gasteiger partial charge in [-0.05, 0) is 61.9 Å². The lowest BCUT2D eigenvalue weighted by Crippen LogP contribution is -2.49. The molecule has 2 aliphatic heterocycles. The lowest BCUT2D eigenvalue weighted by molar-refractivity contribution is 0.126. The molecular formula is C22H27FN4O. The van der Waals surface area contributed by atoms with Crippen LogP contribution >= 0.6 is 0 Å². The van der Waals surface area contributed by atoms with Crippen LogP contribution < -0.4 is 4.90 Å². The van der Waals surface area contributed by atoms with E-state index in [1.165, 1.54) is 5.56 Å². The Labute approximate surface area is 165 Å². The number of anilines is 2. The van der Waals surface area contributed by atoms with Crippen LogP contribution in [-0.4, -0.2) is 52.8 Å². The van der Waals surface area contributed by atoms with Gasteiger partial charge in [0.15, 0.2) is 0 Å². The molecule has 0 bridgehead atoms. The molecule has 2 atom stereocenters. The summed E-state index contributed by atoms with van der Waals surface area (Å²) in [5.74, 6) is 1.27. The highest BCUT2D eigenvalue weighted by Crippen LogP contribution is 2.50. The van der Waals surface area contributed by atoms with Crippen LogP contribution in [0.4, 0.5) is 15.9 Å². The van der Waals surface area contributed by atoms with Gasteiger partial charge in [-0.25, -0.2) is 14.4 Å². The van der Waals surface area contributed by atoms with Crippen LogP contribution in [0.1, 0.15) is 48.9 Å². The van der Waals surface area contributed by atoms with Gasteiger partial charge in [0.1, 0.15) is 18.0 Å². The minimum absolute atomic E-state index is 0.121. The van der Waals surface area contributed by atoms with Gasteiger partial charge in [-0.1, -0.05) is 6.92 Å². The van der Waals surface area contributed by atoms with Crippen molar-refractivity contribution >= 4 is 11.5 Å². The Morgan fingerprint density at radius 1 is 1.29 bits per heavy atom. The van der Waals surface area contributed by atoms with Gasteiger partial charge >= 0.3 is 0 Å². The molecule has 1 N–H and O–H groups in total. The number of piperidine rings is 1. The summed E-state index contributed by atoms with van der Waals surface area (Å²) >= 11 is 0. The first kappa shape index (κ1) is 18.0. The second kappa shape index (κ2) is 6.78. The molecule has 1 aliphatic carbocycles. The Balaban J connectivity index is 1.61. The molecule has 1 unspecified atom stereocenters. The highest BCUT2D eigenvalue weighted by atomic mass is 19.1. The third-order valence-corrected chi connectivity index (χ3v) is 6.86. The number of aryl methyl sites for hydroxylation is 1. The first-order chi connectivity index (χ1) is 13.6. The summed E-state index contributed by atoms with van der Waals surface area (Å²) in [7, 11) is 0. The van der Waals surface area contributed by atoms with E-state index >= 15 is 0 Å². The van der Waals surface area contributed by atoms with E-state index in [-0.39, 0.29) is 17.8 Å². The number of nitrogens with zero attached hydrogens (tertiary/aromatic N) is 4. The Bertz CT molecular complexity index is 902. The first-order valence-electron chi connectivity index (χ1n) is 10.4. The number of aromatic nitrogens is 2. The number of β-amino-alcohol motifs (C(OH)–C–C–N with tert-alkyl or cyclic N) is 1. The summed E-state index contributed by atoms with van der Waals surface area (Å²) < 4.78 is 14.3. The Morgan fingerprint density at radius 3 is 3.04 bits per heavy atom.